The van der Waals surface area contributed by atoms with Crippen molar-refractivity contribution in [1.82, 2.24) is 5.32 Å². The second-order valence-electron chi connectivity index (χ2n) is 15.2. The van der Waals surface area contributed by atoms with Gasteiger partial charge in [0.05, 0.1) is 6.61 Å². The largest absolute Gasteiger partial charge is 0.444 e. The van der Waals surface area contributed by atoms with E-state index in [1.54, 1.807) is 0 Å². The van der Waals surface area contributed by atoms with Crippen molar-refractivity contribution in [1.29, 1.82) is 0 Å². The van der Waals surface area contributed by atoms with Crippen LogP contribution in [0.15, 0.2) is 48.6 Å². The molecule has 280 valence electrons. The van der Waals surface area contributed by atoms with Crippen LogP contribution in [0.2, 0.25) is 0 Å². The molecule has 0 aliphatic heterocycles. The van der Waals surface area contributed by atoms with E-state index < -0.39 is 5.60 Å². The number of hydrogen-bond donors (Lipinski definition) is 2. The number of aliphatic hydroxyl groups is 1. The van der Waals surface area contributed by atoms with Gasteiger partial charge in [-0.15, -0.1) is 0 Å². The lowest BCUT2D eigenvalue weighted by Crippen LogP contribution is -2.42. The predicted molar refractivity (Wildman–Crippen MR) is 212 cm³/mol. The summed E-state index contributed by atoms with van der Waals surface area (Å²) < 4.78 is 5.50. The maximum absolute atomic E-state index is 12.4. The van der Waals surface area contributed by atoms with Crippen LogP contribution in [0.5, 0.6) is 0 Å². The van der Waals surface area contributed by atoms with Gasteiger partial charge in [0.2, 0.25) is 0 Å². The van der Waals surface area contributed by atoms with Gasteiger partial charge in [0.25, 0.3) is 0 Å². The summed E-state index contributed by atoms with van der Waals surface area (Å²) in [6.07, 6.45) is 49.7. The third-order valence-electron chi connectivity index (χ3n) is 9.16. The molecule has 4 nitrogen and oxygen atoms in total. The lowest BCUT2D eigenvalue weighted by atomic mass is 9.78. The molecule has 0 aliphatic rings. The van der Waals surface area contributed by atoms with Crippen molar-refractivity contribution in [3.8, 4) is 0 Å². The fraction of sp³-hybridized carbons (Fsp3) is 0.795. The van der Waals surface area contributed by atoms with Crippen molar-refractivity contribution in [2.24, 2.45) is 5.41 Å². The molecule has 0 unspecified atom stereocenters. The Morgan fingerprint density at radius 3 is 1.25 bits per heavy atom. The van der Waals surface area contributed by atoms with E-state index >= 15 is 0 Å². The highest BCUT2D eigenvalue weighted by molar-refractivity contribution is 5.67. The standard InChI is InChI=1S/C44H81NO3/c1-6-8-10-12-14-16-18-20-22-24-26-28-30-32-34-36-38-44(41-46,40-45-42(47)48-43(3,4)5)39-37-35-33-31-29-27-25-23-21-19-17-15-13-11-9-7-2/h14-17,20-23,46H,6-13,18-19,24-41H2,1-5H3,(H,45,47)/b16-14-,17-15-,22-20-,23-21-. The average molecular weight is 672 g/mol. The topological polar surface area (TPSA) is 58.6 Å². The number of unbranched alkanes of at least 4 members (excludes halogenated alkanes) is 18. The lowest BCUT2D eigenvalue weighted by molar-refractivity contribution is 0.0438. The molecule has 0 aromatic carbocycles. The van der Waals surface area contributed by atoms with Gasteiger partial charge in [0, 0.05) is 12.0 Å². The molecule has 0 spiro atoms. The van der Waals surface area contributed by atoms with E-state index in [1.165, 1.54) is 128 Å². The van der Waals surface area contributed by atoms with Crippen LogP contribution in [-0.2, 0) is 4.74 Å². The van der Waals surface area contributed by atoms with E-state index in [-0.39, 0.29) is 18.1 Å². The van der Waals surface area contributed by atoms with E-state index in [2.05, 4.69) is 67.8 Å². The molecule has 2 N–H and O–H groups in total. The SMILES string of the molecule is CCCCC/C=C\C/C=C\CCCCCCCCC(CO)(CCCCCCCC/C=C\C/C=C\CCCCC)CNC(=O)OC(C)(C)C. The van der Waals surface area contributed by atoms with Crippen LogP contribution < -0.4 is 5.32 Å². The zero-order chi connectivity index (χ0) is 35.4. The highest BCUT2D eigenvalue weighted by Crippen LogP contribution is 2.31. The van der Waals surface area contributed by atoms with Gasteiger partial charge in [-0.05, 0) is 97.8 Å². The summed E-state index contributed by atoms with van der Waals surface area (Å²) in [5.74, 6) is 0. The molecule has 4 heteroatoms. The van der Waals surface area contributed by atoms with Gasteiger partial charge in [-0.25, -0.2) is 4.79 Å². The van der Waals surface area contributed by atoms with Crippen LogP contribution in [0.4, 0.5) is 4.79 Å². The van der Waals surface area contributed by atoms with Crippen molar-refractivity contribution in [3.05, 3.63) is 48.6 Å². The Hall–Kier alpha value is -1.81. The first kappa shape index (κ1) is 46.2. The van der Waals surface area contributed by atoms with E-state index in [0.717, 1.165) is 38.5 Å². The molecule has 0 atom stereocenters. The number of allylic oxidation sites excluding steroid dienone is 8. The molecular weight excluding hydrogens is 590 g/mol. The number of ether oxygens (including phenoxy) is 1. The highest BCUT2D eigenvalue weighted by atomic mass is 16.6. The molecule has 0 aromatic rings. The van der Waals surface area contributed by atoms with Gasteiger partial charge in [-0.2, -0.15) is 0 Å². The minimum absolute atomic E-state index is 0.114. The molecule has 48 heavy (non-hydrogen) atoms. The lowest BCUT2D eigenvalue weighted by Gasteiger charge is -2.33. The molecule has 0 radical (unpaired) electrons. The van der Waals surface area contributed by atoms with Crippen molar-refractivity contribution in [2.75, 3.05) is 13.2 Å². The van der Waals surface area contributed by atoms with Crippen molar-refractivity contribution >= 4 is 6.09 Å². The highest BCUT2D eigenvalue weighted by Gasteiger charge is 2.30. The summed E-state index contributed by atoms with van der Waals surface area (Å²) in [6, 6.07) is 0. The fourth-order valence-electron chi connectivity index (χ4n) is 6.07. The van der Waals surface area contributed by atoms with Crippen LogP contribution in [0.25, 0.3) is 0 Å². The predicted octanol–water partition coefficient (Wildman–Crippen LogP) is 13.9. The Balaban J connectivity index is 4.31. The third-order valence-corrected chi connectivity index (χ3v) is 9.16. The number of amides is 1. The molecule has 0 saturated heterocycles. The molecule has 0 aliphatic carbocycles. The minimum atomic E-state index is -0.520. The number of alkyl carbamates (subject to hydrolysis) is 1. The summed E-state index contributed by atoms with van der Waals surface area (Å²) in [6.45, 7) is 10.8. The number of carbonyl (C=O) groups is 1. The Morgan fingerprint density at radius 2 is 0.896 bits per heavy atom. The number of aliphatic hydroxyl groups excluding tert-OH is 1. The second-order valence-corrected chi connectivity index (χ2v) is 15.2. The van der Waals surface area contributed by atoms with Crippen LogP contribution in [-0.4, -0.2) is 30.0 Å². The van der Waals surface area contributed by atoms with E-state index in [1.807, 2.05) is 20.8 Å². The Bertz CT molecular complexity index is 771. The molecular formula is C44H81NO3. The van der Waals surface area contributed by atoms with E-state index in [9.17, 15) is 9.90 Å². The molecule has 0 bridgehead atoms. The minimum Gasteiger partial charge on any atom is -0.444 e. The molecule has 0 heterocycles. The van der Waals surface area contributed by atoms with Crippen molar-refractivity contribution in [2.45, 2.75) is 207 Å². The number of rotatable bonds is 33. The van der Waals surface area contributed by atoms with Crippen molar-refractivity contribution in [3.63, 3.8) is 0 Å². The first-order valence-electron chi connectivity index (χ1n) is 20.5. The van der Waals surface area contributed by atoms with Gasteiger partial charge in [0.1, 0.15) is 5.60 Å². The summed E-state index contributed by atoms with van der Waals surface area (Å²) in [5.41, 5.74) is -0.783. The molecule has 1 amide bonds. The molecule has 0 fully saturated rings. The van der Waals surface area contributed by atoms with Gasteiger partial charge in [0.15, 0.2) is 0 Å². The Kier molecular flexibility index (Phi) is 32.4. The number of nitrogens with one attached hydrogen (secondary N) is 1. The number of carbonyl (C=O) groups excluding carboxylic acids is 1. The monoisotopic (exact) mass is 672 g/mol. The second kappa shape index (κ2) is 33.7. The Morgan fingerprint density at radius 1 is 0.542 bits per heavy atom. The van der Waals surface area contributed by atoms with E-state index in [0.29, 0.717) is 6.54 Å². The van der Waals surface area contributed by atoms with E-state index in [4.69, 9.17) is 4.74 Å². The first-order chi connectivity index (χ1) is 23.3. The van der Waals surface area contributed by atoms with Gasteiger partial charge in [-0.1, -0.05) is 152 Å². The van der Waals surface area contributed by atoms with Gasteiger partial charge >= 0.3 is 6.09 Å². The number of hydrogen-bond acceptors (Lipinski definition) is 3. The Labute approximate surface area is 299 Å². The average Bonchev–Trinajstić information content (AvgIpc) is 3.05. The van der Waals surface area contributed by atoms with Gasteiger partial charge in [-0.3, -0.25) is 0 Å². The van der Waals surface area contributed by atoms with Crippen LogP contribution in [0.3, 0.4) is 0 Å². The summed E-state index contributed by atoms with van der Waals surface area (Å²) in [7, 11) is 0. The van der Waals surface area contributed by atoms with Crippen LogP contribution >= 0.6 is 0 Å². The smallest absolute Gasteiger partial charge is 0.407 e. The molecule has 0 aromatic heterocycles. The summed E-state index contributed by atoms with van der Waals surface area (Å²) >= 11 is 0. The van der Waals surface area contributed by atoms with Gasteiger partial charge < -0.3 is 15.2 Å². The quantitative estimate of drug-likeness (QED) is 0.0539. The maximum Gasteiger partial charge on any atom is 0.407 e. The zero-order valence-electron chi connectivity index (χ0n) is 32.7. The third kappa shape index (κ3) is 32.7. The van der Waals surface area contributed by atoms with Crippen LogP contribution in [0.1, 0.15) is 202 Å². The van der Waals surface area contributed by atoms with Crippen molar-refractivity contribution < 1.29 is 14.6 Å². The maximum atomic E-state index is 12.4. The zero-order valence-corrected chi connectivity index (χ0v) is 32.7. The molecule has 0 saturated carbocycles. The summed E-state index contributed by atoms with van der Waals surface area (Å²) in [4.78, 5) is 12.4. The fourth-order valence-corrected chi connectivity index (χ4v) is 6.07. The molecule has 0 rings (SSSR count). The first-order valence-corrected chi connectivity index (χ1v) is 20.5. The van der Waals surface area contributed by atoms with Crippen LogP contribution in [0, 0.1) is 5.41 Å². The summed E-state index contributed by atoms with van der Waals surface area (Å²) in [5, 5.41) is 13.6. The normalized spacial score (nSPS) is 12.8.